The van der Waals surface area contributed by atoms with Gasteiger partial charge in [0.15, 0.2) is 5.78 Å². The van der Waals surface area contributed by atoms with Gasteiger partial charge in [-0.1, -0.05) is 38.5 Å². The summed E-state index contributed by atoms with van der Waals surface area (Å²) in [5.74, 6) is -0.0635. The van der Waals surface area contributed by atoms with Crippen molar-refractivity contribution in [3.05, 3.63) is 23.3 Å². The Morgan fingerprint density at radius 1 is 1.17 bits per heavy atom. The second kappa shape index (κ2) is 7.65. The van der Waals surface area contributed by atoms with E-state index < -0.39 is 5.60 Å². The van der Waals surface area contributed by atoms with Crippen molar-refractivity contribution in [3.8, 4) is 0 Å². The van der Waals surface area contributed by atoms with Gasteiger partial charge < -0.3 is 4.74 Å². The zero-order valence-corrected chi connectivity index (χ0v) is 15.9. The topological polar surface area (TPSA) is 43.4 Å². The molecule has 0 aromatic rings. The fourth-order valence-electron chi connectivity index (χ4n) is 2.39. The average molecular weight is 341 g/mol. The Kier molecular flexibility index (Phi) is 6.64. The van der Waals surface area contributed by atoms with Gasteiger partial charge in [-0.05, 0) is 44.6 Å². The van der Waals surface area contributed by atoms with Crippen molar-refractivity contribution in [2.45, 2.75) is 78.2 Å². The van der Waals surface area contributed by atoms with Crippen LogP contribution in [-0.2, 0) is 14.3 Å². The first-order valence-electron chi connectivity index (χ1n) is 8.16. The third-order valence-electron chi connectivity index (χ3n) is 3.39. The van der Waals surface area contributed by atoms with Crippen LogP contribution in [0.25, 0.3) is 0 Å². The standard InChI is InChI=1S/C19H29ClO3/c1-18(2,3)12-16(21)14-8-7-13(15(20)11-14)9-10-17(22)23-19(4,5)6/h7-8,15H,9-12H2,1-6H3. The Labute approximate surface area is 145 Å². The van der Waals surface area contributed by atoms with Gasteiger partial charge in [0.05, 0.1) is 5.38 Å². The van der Waals surface area contributed by atoms with Crippen LogP contribution < -0.4 is 0 Å². The normalized spacial score (nSPS) is 19.0. The van der Waals surface area contributed by atoms with E-state index in [0.29, 0.717) is 25.7 Å². The van der Waals surface area contributed by atoms with Gasteiger partial charge in [0, 0.05) is 12.8 Å². The molecule has 0 N–H and O–H groups in total. The SMILES string of the molecule is CC(C)(C)CC(=O)C1=CC=C(CCC(=O)OC(C)(C)C)C(Cl)C1. The molecular weight excluding hydrogens is 312 g/mol. The first-order valence-corrected chi connectivity index (χ1v) is 8.60. The summed E-state index contributed by atoms with van der Waals surface area (Å²) in [5.41, 5.74) is 1.27. The van der Waals surface area contributed by atoms with Crippen molar-refractivity contribution >= 4 is 23.4 Å². The highest BCUT2D eigenvalue weighted by Gasteiger charge is 2.25. The van der Waals surface area contributed by atoms with Crippen LogP contribution in [0.15, 0.2) is 23.3 Å². The molecule has 0 aromatic heterocycles. The van der Waals surface area contributed by atoms with Gasteiger partial charge >= 0.3 is 5.97 Å². The van der Waals surface area contributed by atoms with Crippen LogP contribution in [0.5, 0.6) is 0 Å². The lowest BCUT2D eigenvalue weighted by molar-refractivity contribution is -0.154. The van der Waals surface area contributed by atoms with Crippen LogP contribution in [0.4, 0.5) is 0 Å². The molecule has 0 spiro atoms. The molecule has 1 atom stereocenters. The summed E-state index contributed by atoms with van der Waals surface area (Å²) in [4.78, 5) is 24.0. The highest BCUT2D eigenvalue weighted by Crippen LogP contribution is 2.30. The Bertz CT molecular complexity index is 516. The molecule has 0 saturated heterocycles. The molecule has 1 rings (SSSR count). The maximum Gasteiger partial charge on any atom is 0.306 e. The van der Waals surface area contributed by atoms with Crippen molar-refractivity contribution in [3.63, 3.8) is 0 Å². The van der Waals surface area contributed by atoms with E-state index in [4.69, 9.17) is 16.3 Å². The predicted molar refractivity (Wildman–Crippen MR) is 94.6 cm³/mol. The monoisotopic (exact) mass is 340 g/mol. The van der Waals surface area contributed by atoms with Gasteiger partial charge in [-0.15, -0.1) is 11.6 Å². The summed E-state index contributed by atoms with van der Waals surface area (Å²) in [6.07, 6.45) is 5.69. The zero-order valence-electron chi connectivity index (χ0n) is 15.2. The van der Waals surface area contributed by atoms with Crippen LogP contribution in [0.2, 0.25) is 0 Å². The Balaban J connectivity index is 2.62. The number of alkyl halides is 1. The molecule has 0 aromatic carbocycles. The number of ketones is 1. The number of carbonyl (C=O) groups excluding carboxylic acids is 2. The molecule has 4 heteroatoms. The van der Waals surface area contributed by atoms with E-state index in [1.165, 1.54) is 0 Å². The molecule has 0 saturated carbocycles. The molecule has 3 nitrogen and oxygen atoms in total. The van der Waals surface area contributed by atoms with Crippen molar-refractivity contribution in [2.75, 3.05) is 0 Å². The zero-order chi connectivity index (χ0) is 17.8. The van der Waals surface area contributed by atoms with Crippen molar-refractivity contribution in [2.24, 2.45) is 5.41 Å². The maximum absolute atomic E-state index is 12.3. The van der Waals surface area contributed by atoms with Crippen LogP contribution in [0.1, 0.15) is 67.2 Å². The van der Waals surface area contributed by atoms with Crippen molar-refractivity contribution in [1.82, 2.24) is 0 Å². The highest BCUT2D eigenvalue weighted by molar-refractivity contribution is 6.23. The van der Waals surface area contributed by atoms with E-state index in [1.807, 2.05) is 32.9 Å². The molecule has 1 aliphatic carbocycles. The summed E-state index contributed by atoms with van der Waals surface area (Å²) in [6, 6.07) is 0. The van der Waals surface area contributed by atoms with Gasteiger partial charge in [0.2, 0.25) is 0 Å². The molecule has 0 aliphatic heterocycles. The summed E-state index contributed by atoms with van der Waals surface area (Å²) >= 11 is 6.40. The number of ether oxygens (including phenoxy) is 1. The molecule has 23 heavy (non-hydrogen) atoms. The minimum atomic E-state index is -0.467. The van der Waals surface area contributed by atoms with Crippen LogP contribution in [0, 0.1) is 5.41 Å². The molecular formula is C19H29ClO3. The lowest BCUT2D eigenvalue weighted by atomic mass is 9.84. The third kappa shape index (κ3) is 7.83. The van der Waals surface area contributed by atoms with Gasteiger partial charge in [0.25, 0.3) is 0 Å². The Morgan fingerprint density at radius 3 is 2.26 bits per heavy atom. The minimum absolute atomic E-state index is 0.0273. The number of hydrogen-bond donors (Lipinski definition) is 0. The van der Waals surface area contributed by atoms with E-state index in [9.17, 15) is 9.59 Å². The summed E-state index contributed by atoms with van der Waals surface area (Å²) in [5, 5.41) is -0.221. The summed E-state index contributed by atoms with van der Waals surface area (Å²) in [6.45, 7) is 11.7. The van der Waals surface area contributed by atoms with E-state index in [1.54, 1.807) is 0 Å². The van der Waals surface area contributed by atoms with E-state index in [2.05, 4.69) is 20.8 Å². The molecule has 0 radical (unpaired) electrons. The number of allylic oxidation sites excluding steroid dienone is 4. The highest BCUT2D eigenvalue weighted by atomic mass is 35.5. The maximum atomic E-state index is 12.3. The summed E-state index contributed by atoms with van der Waals surface area (Å²) in [7, 11) is 0. The number of hydrogen-bond acceptors (Lipinski definition) is 3. The first-order chi connectivity index (χ1) is 10.4. The Morgan fingerprint density at radius 2 is 1.78 bits per heavy atom. The average Bonchev–Trinajstić information content (AvgIpc) is 2.33. The lowest BCUT2D eigenvalue weighted by Crippen LogP contribution is -2.24. The van der Waals surface area contributed by atoms with Crippen molar-refractivity contribution in [1.29, 1.82) is 0 Å². The Hall–Kier alpha value is -1.09. The van der Waals surface area contributed by atoms with E-state index in [0.717, 1.165) is 11.1 Å². The van der Waals surface area contributed by atoms with Crippen LogP contribution in [-0.4, -0.2) is 22.7 Å². The lowest BCUT2D eigenvalue weighted by Gasteiger charge is -2.23. The molecule has 0 heterocycles. The molecule has 0 fully saturated rings. The van der Waals surface area contributed by atoms with Crippen LogP contribution in [0.3, 0.4) is 0 Å². The number of esters is 1. The molecule has 1 unspecified atom stereocenters. The fraction of sp³-hybridized carbons (Fsp3) is 0.684. The van der Waals surface area contributed by atoms with Crippen LogP contribution >= 0.6 is 11.6 Å². The van der Waals surface area contributed by atoms with Gasteiger partial charge in [0.1, 0.15) is 5.60 Å². The summed E-state index contributed by atoms with van der Waals surface area (Å²) < 4.78 is 5.30. The van der Waals surface area contributed by atoms with E-state index >= 15 is 0 Å². The number of halogens is 1. The molecule has 0 bridgehead atoms. The second-order valence-corrected chi connectivity index (χ2v) is 8.88. The van der Waals surface area contributed by atoms with E-state index in [-0.39, 0.29) is 22.5 Å². The number of Topliss-reactive ketones (excluding diaryl/α,β-unsaturated/α-hetero) is 1. The number of rotatable bonds is 5. The van der Waals surface area contributed by atoms with Gasteiger partial charge in [-0.3, -0.25) is 9.59 Å². The number of carbonyl (C=O) groups is 2. The smallest absolute Gasteiger partial charge is 0.306 e. The molecule has 1 aliphatic rings. The third-order valence-corrected chi connectivity index (χ3v) is 3.82. The largest absolute Gasteiger partial charge is 0.460 e. The molecule has 0 amide bonds. The molecule has 130 valence electrons. The second-order valence-electron chi connectivity index (χ2n) is 8.35. The van der Waals surface area contributed by atoms with Crippen molar-refractivity contribution < 1.29 is 14.3 Å². The van der Waals surface area contributed by atoms with Gasteiger partial charge in [-0.2, -0.15) is 0 Å². The van der Waals surface area contributed by atoms with Gasteiger partial charge in [-0.25, -0.2) is 0 Å². The quantitative estimate of drug-likeness (QED) is 0.523. The predicted octanol–water partition coefficient (Wildman–Crippen LogP) is 4.98. The first kappa shape index (κ1) is 20.0. The fourth-order valence-corrected chi connectivity index (χ4v) is 2.73. The minimum Gasteiger partial charge on any atom is -0.460 e.